The van der Waals surface area contributed by atoms with Gasteiger partial charge in [0, 0.05) is 5.39 Å². The van der Waals surface area contributed by atoms with E-state index in [4.69, 9.17) is 5.11 Å². The third-order valence-corrected chi connectivity index (χ3v) is 2.97. The van der Waals surface area contributed by atoms with E-state index >= 15 is 0 Å². The van der Waals surface area contributed by atoms with E-state index in [2.05, 4.69) is 30.4 Å². The van der Waals surface area contributed by atoms with E-state index < -0.39 is 0 Å². The summed E-state index contributed by atoms with van der Waals surface area (Å²) in [6.07, 6.45) is 0. The molecule has 2 aromatic rings. The monoisotopic (exact) mass is 193 g/mol. The largest absolute Gasteiger partial charge is 0.390 e. The van der Waals surface area contributed by atoms with Crippen molar-refractivity contribution in [1.29, 1.82) is 0 Å². The molecule has 1 aromatic carbocycles. The summed E-state index contributed by atoms with van der Waals surface area (Å²) < 4.78 is 5.38. The van der Waals surface area contributed by atoms with Crippen LogP contribution in [0.2, 0.25) is 0 Å². The fourth-order valence-electron chi connectivity index (χ4n) is 1.63. The second-order valence-electron chi connectivity index (χ2n) is 3.24. The normalized spacial score (nSPS) is 11.0. The molecule has 0 bridgehead atoms. The highest BCUT2D eigenvalue weighted by Crippen LogP contribution is 2.27. The highest BCUT2D eigenvalue weighted by Gasteiger charge is 2.07. The zero-order valence-corrected chi connectivity index (χ0v) is 8.48. The number of aryl methyl sites for hydroxylation is 2. The minimum atomic E-state index is 0.0316. The van der Waals surface area contributed by atoms with Gasteiger partial charge in [0.25, 0.3) is 0 Å². The van der Waals surface area contributed by atoms with Gasteiger partial charge in [-0.3, -0.25) is 0 Å². The number of hydrogen-bond acceptors (Lipinski definition) is 3. The first-order valence-electron chi connectivity index (χ1n) is 4.18. The molecule has 1 N–H and O–H groups in total. The molecule has 2 nitrogen and oxygen atoms in total. The number of fused-ring (bicyclic) bond motifs is 1. The molecule has 68 valence electrons. The van der Waals surface area contributed by atoms with Crippen LogP contribution in [0, 0.1) is 13.8 Å². The Morgan fingerprint density at radius 3 is 2.85 bits per heavy atom. The van der Waals surface area contributed by atoms with Crippen molar-refractivity contribution in [2.75, 3.05) is 0 Å². The molecular formula is C10H11NOS. The van der Waals surface area contributed by atoms with Crippen LogP contribution in [0.25, 0.3) is 10.1 Å². The molecule has 0 saturated carbocycles. The molecule has 0 unspecified atom stereocenters. The van der Waals surface area contributed by atoms with Gasteiger partial charge in [-0.15, -0.1) is 0 Å². The van der Waals surface area contributed by atoms with Crippen LogP contribution in [-0.4, -0.2) is 9.48 Å². The second kappa shape index (κ2) is 3.09. The average Bonchev–Trinajstić information content (AvgIpc) is 2.47. The van der Waals surface area contributed by atoms with Crippen LogP contribution in [-0.2, 0) is 6.61 Å². The summed E-state index contributed by atoms with van der Waals surface area (Å²) in [5.41, 5.74) is 3.25. The van der Waals surface area contributed by atoms with E-state index in [0.29, 0.717) is 0 Å². The molecule has 0 atom stereocenters. The van der Waals surface area contributed by atoms with Gasteiger partial charge in [0.05, 0.1) is 17.0 Å². The summed E-state index contributed by atoms with van der Waals surface area (Å²) in [4.78, 5) is 0. The molecule has 1 heterocycles. The van der Waals surface area contributed by atoms with Gasteiger partial charge in [0.2, 0.25) is 0 Å². The molecule has 1 aromatic heterocycles. The third kappa shape index (κ3) is 1.34. The first-order valence-corrected chi connectivity index (χ1v) is 4.96. The zero-order valence-electron chi connectivity index (χ0n) is 7.66. The van der Waals surface area contributed by atoms with Crippen molar-refractivity contribution in [2.45, 2.75) is 20.5 Å². The molecule has 0 spiro atoms. The highest BCUT2D eigenvalue weighted by atomic mass is 32.1. The Hall–Kier alpha value is -0.930. The Bertz CT molecular complexity index is 447. The van der Waals surface area contributed by atoms with Crippen molar-refractivity contribution in [3.63, 3.8) is 0 Å². The maximum absolute atomic E-state index is 9.06. The number of aliphatic hydroxyl groups excluding tert-OH is 1. The zero-order chi connectivity index (χ0) is 9.42. The average molecular weight is 193 g/mol. The summed E-state index contributed by atoms with van der Waals surface area (Å²) in [5.74, 6) is 0. The topological polar surface area (TPSA) is 33.1 Å². The SMILES string of the molecule is Cc1cc(C)c2c(CO)nsc2c1. The number of benzene rings is 1. The smallest absolute Gasteiger partial charge is 0.0877 e. The van der Waals surface area contributed by atoms with Crippen LogP contribution < -0.4 is 0 Å². The molecule has 0 saturated heterocycles. The molecule has 2 rings (SSSR count). The van der Waals surface area contributed by atoms with Gasteiger partial charge in [-0.1, -0.05) is 6.07 Å². The van der Waals surface area contributed by atoms with Crippen molar-refractivity contribution >= 4 is 21.6 Å². The molecule has 13 heavy (non-hydrogen) atoms. The maximum atomic E-state index is 9.06. The lowest BCUT2D eigenvalue weighted by atomic mass is 10.1. The summed E-state index contributed by atoms with van der Waals surface area (Å²) in [6.45, 7) is 4.16. The van der Waals surface area contributed by atoms with Gasteiger partial charge in [0.1, 0.15) is 0 Å². The molecular weight excluding hydrogens is 182 g/mol. The summed E-state index contributed by atoms with van der Waals surface area (Å²) in [5, 5.41) is 10.2. The molecule has 0 radical (unpaired) electrons. The van der Waals surface area contributed by atoms with Gasteiger partial charge in [-0.2, -0.15) is 4.37 Å². The molecule has 0 aliphatic rings. The number of hydrogen-bond donors (Lipinski definition) is 1. The first-order chi connectivity index (χ1) is 6.22. The quantitative estimate of drug-likeness (QED) is 0.754. The van der Waals surface area contributed by atoms with Gasteiger partial charge >= 0.3 is 0 Å². The summed E-state index contributed by atoms with van der Waals surface area (Å²) >= 11 is 1.46. The van der Waals surface area contributed by atoms with Crippen molar-refractivity contribution in [1.82, 2.24) is 4.37 Å². The second-order valence-corrected chi connectivity index (χ2v) is 4.05. The fourth-order valence-corrected chi connectivity index (χ4v) is 2.59. The lowest BCUT2D eigenvalue weighted by Gasteiger charge is -1.99. The van der Waals surface area contributed by atoms with E-state index in [1.807, 2.05) is 0 Å². The van der Waals surface area contributed by atoms with Crippen LogP contribution in [0.3, 0.4) is 0 Å². The minimum absolute atomic E-state index is 0.0316. The van der Waals surface area contributed by atoms with Gasteiger partial charge in [-0.25, -0.2) is 0 Å². The maximum Gasteiger partial charge on any atom is 0.0877 e. The van der Waals surface area contributed by atoms with E-state index in [1.54, 1.807) is 0 Å². The van der Waals surface area contributed by atoms with Crippen molar-refractivity contribution in [3.05, 3.63) is 29.0 Å². The van der Waals surface area contributed by atoms with Crippen molar-refractivity contribution in [3.8, 4) is 0 Å². The van der Waals surface area contributed by atoms with E-state index in [-0.39, 0.29) is 6.61 Å². The Morgan fingerprint density at radius 1 is 1.38 bits per heavy atom. The predicted octanol–water partition coefficient (Wildman–Crippen LogP) is 2.41. The van der Waals surface area contributed by atoms with Gasteiger partial charge < -0.3 is 5.11 Å². The molecule has 0 aliphatic carbocycles. The summed E-state index contributed by atoms with van der Waals surface area (Å²) in [6, 6.07) is 4.23. The Balaban J connectivity index is 2.82. The standard InChI is InChI=1S/C10H11NOS/c1-6-3-7(2)10-8(5-12)11-13-9(10)4-6/h3-4,12H,5H2,1-2H3. The number of aromatic nitrogens is 1. The van der Waals surface area contributed by atoms with Crippen LogP contribution in [0.4, 0.5) is 0 Å². The van der Waals surface area contributed by atoms with E-state index in [0.717, 1.165) is 11.1 Å². The number of rotatable bonds is 1. The highest BCUT2D eigenvalue weighted by molar-refractivity contribution is 7.13. The Kier molecular flexibility index (Phi) is 2.06. The Morgan fingerprint density at radius 2 is 2.15 bits per heavy atom. The van der Waals surface area contributed by atoms with Gasteiger partial charge in [0.15, 0.2) is 0 Å². The van der Waals surface area contributed by atoms with Crippen molar-refractivity contribution in [2.24, 2.45) is 0 Å². The van der Waals surface area contributed by atoms with Crippen LogP contribution in [0.5, 0.6) is 0 Å². The predicted molar refractivity (Wildman–Crippen MR) is 55.0 cm³/mol. The van der Waals surface area contributed by atoms with Crippen LogP contribution in [0.15, 0.2) is 12.1 Å². The third-order valence-electron chi connectivity index (χ3n) is 2.14. The fraction of sp³-hybridized carbons (Fsp3) is 0.300. The number of nitrogens with zero attached hydrogens (tertiary/aromatic N) is 1. The molecule has 3 heteroatoms. The Labute approximate surface area is 81.0 Å². The van der Waals surface area contributed by atoms with E-state index in [1.165, 1.54) is 27.4 Å². The summed E-state index contributed by atoms with van der Waals surface area (Å²) in [7, 11) is 0. The van der Waals surface area contributed by atoms with Crippen LogP contribution in [0.1, 0.15) is 16.8 Å². The minimum Gasteiger partial charge on any atom is -0.390 e. The lowest BCUT2D eigenvalue weighted by molar-refractivity contribution is 0.279. The van der Waals surface area contributed by atoms with Gasteiger partial charge in [-0.05, 0) is 42.6 Å². The first kappa shape index (κ1) is 8.66. The molecule has 0 amide bonds. The van der Waals surface area contributed by atoms with Crippen molar-refractivity contribution < 1.29 is 5.11 Å². The van der Waals surface area contributed by atoms with E-state index in [9.17, 15) is 0 Å². The lowest BCUT2D eigenvalue weighted by Crippen LogP contribution is -1.85. The van der Waals surface area contributed by atoms with Crippen LogP contribution >= 0.6 is 11.5 Å². The number of aliphatic hydroxyl groups is 1. The molecule has 0 fully saturated rings. The molecule has 0 aliphatic heterocycles.